The van der Waals surface area contributed by atoms with Gasteiger partial charge in [-0.2, -0.15) is 0 Å². The summed E-state index contributed by atoms with van der Waals surface area (Å²) >= 11 is 18.2. The Balaban J connectivity index is 3.04. The Bertz CT molecular complexity index is 429. The van der Waals surface area contributed by atoms with Crippen LogP contribution in [0, 0.1) is 5.41 Å². The minimum absolute atomic E-state index is 0.00605. The van der Waals surface area contributed by atoms with Crippen molar-refractivity contribution in [1.82, 2.24) is 10.3 Å². The molecule has 0 spiro atoms. The molecule has 86 valence electrons. The maximum absolute atomic E-state index is 11.6. The Hall–Kier alpha value is -0.490. The molecule has 0 unspecified atom stereocenters. The topological polar surface area (TPSA) is 65.8 Å². The zero-order valence-electron chi connectivity index (χ0n) is 7.97. The average molecular weight is 299 g/mol. The van der Waals surface area contributed by atoms with E-state index in [0.29, 0.717) is 0 Å². The predicted molar refractivity (Wildman–Crippen MR) is 68.0 cm³/mol. The average Bonchev–Trinajstić information content (AvgIpc) is 2.15. The first-order chi connectivity index (χ1) is 7.45. The van der Waals surface area contributed by atoms with Crippen LogP contribution in [0.3, 0.4) is 0 Å². The number of pyridine rings is 1. The van der Waals surface area contributed by atoms with E-state index < -0.39 is 5.91 Å². The van der Waals surface area contributed by atoms with Crippen molar-refractivity contribution in [2.45, 2.75) is 0 Å². The van der Waals surface area contributed by atoms with E-state index in [1.807, 2.05) is 0 Å². The van der Waals surface area contributed by atoms with E-state index in [9.17, 15) is 4.79 Å². The zero-order chi connectivity index (χ0) is 12.3. The van der Waals surface area contributed by atoms with Gasteiger partial charge in [-0.3, -0.25) is 10.2 Å². The Morgan fingerprint density at radius 2 is 2.12 bits per heavy atom. The van der Waals surface area contributed by atoms with E-state index in [1.165, 1.54) is 6.07 Å². The summed E-state index contributed by atoms with van der Waals surface area (Å²) in [4.78, 5) is 15.3. The molecule has 8 heteroatoms. The number of aromatic nitrogens is 1. The van der Waals surface area contributed by atoms with Crippen LogP contribution in [0.25, 0.3) is 0 Å². The Morgan fingerprint density at radius 1 is 1.50 bits per heavy atom. The van der Waals surface area contributed by atoms with Crippen LogP contribution in [0.2, 0.25) is 15.3 Å². The van der Waals surface area contributed by atoms with E-state index in [-0.39, 0.29) is 26.1 Å². The molecule has 2 N–H and O–H groups in total. The third kappa shape index (κ3) is 3.25. The fourth-order valence-electron chi connectivity index (χ4n) is 0.876. The second-order valence-electron chi connectivity index (χ2n) is 2.58. The quantitative estimate of drug-likeness (QED) is 0.476. The van der Waals surface area contributed by atoms with Crippen molar-refractivity contribution < 1.29 is 4.79 Å². The minimum atomic E-state index is -0.585. The second-order valence-corrected chi connectivity index (χ2v) is 4.55. The first-order valence-electron chi connectivity index (χ1n) is 3.91. The highest BCUT2D eigenvalue weighted by Crippen LogP contribution is 2.25. The third-order valence-corrected chi connectivity index (χ3v) is 2.83. The summed E-state index contributed by atoms with van der Waals surface area (Å²) < 4.78 is 0. The molecule has 4 nitrogen and oxygen atoms in total. The number of nitrogens with one attached hydrogen (secondary N) is 2. The van der Waals surface area contributed by atoms with Crippen LogP contribution in [0.1, 0.15) is 10.4 Å². The van der Waals surface area contributed by atoms with Crippen molar-refractivity contribution in [3.63, 3.8) is 0 Å². The van der Waals surface area contributed by atoms with Gasteiger partial charge in [-0.25, -0.2) is 4.98 Å². The highest BCUT2D eigenvalue weighted by Gasteiger charge is 2.17. The number of amidine groups is 1. The van der Waals surface area contributed by atoms with Gasteiger partial charge in [-0.15, -0.1) is 0 Å². The molecular weight excluding hydrogens is 293 g/mol. The molecule has 0 aliphatic rings. The van der Waals surface area contributed by atoms with Crippen molar-refractivity contribution in [2.24, 2.45) is 0 Å². The van der Waals surface area contributed by atoms with Crippen molar-refractivity contribution in [1.29, 1.82) is 5.41 Å². The summed E-state index contributed by atoms with van der Waals surface area (Å²) in [5.74, 6) is -0.585. The second kappa shape index (κ2) is 5.72. The van der Waals surface area contributed by atoms with Gasteiger partial charge in [0.2, 0.25) is 0 Å². The lowest BCUT2D eigenvalue weighted by Crippen LogP contribution is -2.28. The van der Waals surface area contributed by atoms with Gasteiger partial charge in [0, 0.05) is 0 Å². The molecule has 0 aromatic carbocycles. The molecule has 1 heterocycles. The molecule has 1 amide bonds. The monoisotopic (exact) mass is 297 g/mol. The lowest BCUT2D eigenvalue weighted by atomic mass is 10.2. The van der Waals surface area contributed by atoms with Gasteiger partial charge in [0.25, 0.3) is 5.91 Å². The third-order valence-electron chi connectivity index (χ3n) is 1.55. The smallest absolute Gasteiger partial charge is 0.261 e. The fourth-order valence-corrected chi connectivity index (χ4v) is 1.97. The van der Waals surface area contributed by atoms with E-state index in [0.717, 1.165) is 11.8 Å². The Morgan fingerprint density at radius 3 is 2.62 bits per heavy atom. The maximum Gasteiger partial charge on any atom is 0.261 e. The zero-order valence-corrected chi connectivity index (χ0v) is 11.1. The van der Waals surface area contributed by atoms with Gasteiger partial charge in [0.05, 0.1) is 10.6 Å². The molecule has 16 heavy (non-hydrogen) atoms. The van der Waals surface area contributed by atoms with Crippen molar-refractivity contribution in [2.75, 3.05) is 6.26 Å². The molecule has 0 atom stereocenters. The lowest BCUT2D eigenvalue weighted by Gasteiger charge is -2.07. The number of nitrogens with zero attached hydrogens (tertiary/aromatic N) is 1. The lowest BCUT2D eigenvalue weighted by molar-refractivity contribution is 0.0978. The molecule has 0 saturated carbocycles. The molecule has 1 aromatic heterocycles. The summed E-state index contributed by atoms with van der Waals surface area (Å²) in [5, 5.41) is 9.70. The molecule has 0 bridgehead atoms. The molecule has 0 aliphatic heterocycles. The normalized spacial score (nSPS) is 10.0. The fraction of sp³-hybridized carbons (Fsp3) is 0.125. The van der Waals surface area contributed by atoms with E-state index in [2.05, 4.69) is 10.3 Å². The summed E-state index contributed by atoms with van der Waals surface area (Å²) in [6, 6.07) is 1.31. The molecule has 0 fully saturated rings. The van der Waals surface area contributed by atoms with Crippen LogP contribution < -0.4 is 5.32 Å². The van der Waals surface area contributed by atoms with Crippen LogP contribution in [-0.2, 0) is 0 Å². The molecule has 0 aliphatic carbocycles. The molecule has 1 aromatic rings. The Labute approximate surface area is 111 Å². The number of carbonyl (C=O) groups is 1. The number of thioether (sulfide) groups is 1. The summed E-state index contributed by atoms with van der Waals surface area (Å²) in [6.45, 7) is 0. The van der Waals surface area contributed by atoms with Gasteiger partial charge < -0.3 is 5.32 Å². The van der Waals surface area contributed by atoms with Crippen LogP contribution >= 0.6 is 46.6 Å². The van der Waals surface area contributed by atoms with Crippen LogP contribution in [0.5, 0.6) is 0 Å². The van der Waals surface area contributed by atoms with Gasteiger partial charge in [0.15, 0.2) is 5.17 Å². The van der Waals surface area contributed by atoms with Crippen LogP contribution in [-0.4, -0.2) is 22.3 Å². The molecule has 0 radical (unpaired) electrons. The number of hydrogen-bond donors (Lipinski definition) is 2. The number of halogens is 3. The first kappa shape index (κ1) is 13.6. The summed E-state index contributed by atoms with van der Waals surface area (Å²) in [5.41, 5.74) is 0.00605. The largest absolute Gasteiger partial charge is 0.301 e. The predicted octanol–water partition coefficient (Wildman–Crippen LogP) is 3.07. The first-order valence-corrected chi connectivity index (χ1v) is 6.27. The number of carbonyl (C=O) groups excluding carboxylic acids is 1. The highest BCUT2D eigenvalue weighted by atomic mass is 35.5. The molecule has 0 saturated heterocycles. The van der Waals surface area contributed by atoms with Crippen LogP contribution in [0.15, 0.2) is 6.07 Å². The van der Waals surface area contributed by atoms with Crippen molar-refractivity contribution in [3.05, 3.63) is 27.0 Å². The van der Waals surface area contributed by atoms with Gasteiger partial charge >= 0.3 is 0 Å². The minimum Gasteiger partial charge on any atom is -0.301 e. The number of hydrogen-bond acceptors (Lipinski definition) is 4. The van der Waals surface area contributed by atoms with E-state index in [1.54, 1.807) is 6.26 Å². The van der Waals surface area contributed by atoms with E-state index >= 15 is 0 Å². The molecule has 1 rings (SSSR count). The maximum atomic E-state index is 11.6. The SMILES string of the molecule is CSC(=N)NC(=O)c1c(Cl)cc(Cl)nc1Cl. The van der Waals surface area contributed by atoms with Crippen LogP contribution in [0.4, 0.5) is 0 Å². The van der Waals surface area contributed by atoms with E-state index in [4.69, 9.17) is 40.2 Å². The van der Waals surface area contributed by atoms with Crippen molar-refractivity contribution in [3.8, 4) is 0 Å². The Kier molecular flexibility index (Phi) is 4.86. The van der Waals surface area contributed by atoms with Gasteiger partial charge in [0.1, 0.15) is 10.3 Å². The number of rotatable bonds is 1. The highest BCUT2D eigenvalue weighted by molar-refractivity contribution is 8.13. The standard InChI is InChI=1S/C8H6Cl3N3OS/c1-16-8(12)14-7(15)5-3(9)2-4(10)13-6(5)11/h2H,1H3,(H2,12,14,15). The summed E-state index contributed by atoms with van der Waals surface area (Å²) in [6.07, 6.45) is 1.66. The van der Waals surface area contributed by atoms with Gasteiger partial charge in [-0.1, -0.05) is 46.6 Å². The van der Waals surface area contributed by atoms with Crippen molar-refractivity contribution >= 4 is 57.6 Å². The summed E-state index contributed by atoms with van der Waals surface area (Å²) in [7, 11) is 0. The number of amides is 1. The van der Waals surface area contributed by atoms with Gasteiger partial charge in [-0.05, 0) is 12.3 Å². The molecular formula is C8H6Cl3N3OS.